The molecule has 0 aliphatic heterocycles. The molecule has 0 bridgehead atoms. The Labute approximate surface area is 199 Å². The van der Waals surface area contributed by atoms with Gasteiger partial charge in [-0.05, 0) is 66.2 Å². The van der Waals surface area contributed by atoms with Crippen LogP contribution in [-0.4, -0.2) is 55.3 Å². The molecule has 2 aromatic rings. The maximum absolute atomic E-state index is 12.8. The summed E-state index contributed by atoms with van der Waals surface area (Å²) in [6, 6.07) is 5.44. The van der Waals surface area contributed by atoms with Crippen molar-refractivity contribution in [3.63, 3.8) is 0 Å². The zero-order valence-corrected chi connectivity index (χ0v) is 21.3. The van der Waals surface area contributed by atoms with Gasteiger partial charge in [0.05, 0.1) is 23.0 Å². The fraction of sp³-hybridized carbons (Fsp3) is 0.364. The van der Waals surface area contributed by atoms with Crippen LogP contribution in [0.2, 0.25) is 0 Å². The quantitative estimate of drug-likeness (QED) is 0.389. The van der Waals surface area contributed by atoms with Gasteiger partial charge in [0.2, 0.25) is 0 Å². The predicted molar refractivity (Wildman–Crippen MR) is 129 cm³/mol. The number of ether oxygens (including phenoxy) is 2. The summed E-state index contributed by atoms with van der Waals surface area (Å²) in [7, 11) is 3.30. The Morgan fingerprint density at radius 1 is 1.34 bits per heavy atom. The van der Waals surface area contributed by atoms with E-state index in [9.17, 15) is 14.9 Å². The van der Waals surface area contributed by atoms with Crippen LogP contribution in [0.25, 0.3) is 0 Å². The van der Waals surface area contributed by atoms with E-state index in [1.54, 1.807) is 40.1 Å². The van der Waals surface area contributed by atoms with Gasteiger partial charge >= 0.3 is 0 Å². The number of likely N-dealkylation sites (N-methyl/N-ethyl adjacent to an activating group) is 1. The van der Waals surface area contributed by atoms with E-state index in [0.717, 1.165) is 4.90 Å². The highest BCUT2D eigenvalue weighted by molar-refractivity contribution is 9.10. The Morgan fingerprint density at radius 3 is 2.59 bits per heavy atom. The molecule has 0 atom stereocenters. The molecular formula is C22H25BrN4O4S. The molecule has 1 aromatic carbocycles. The molecule has 0 fully saturated rings. The number of hydrogen-bond acceptors (Lipinski definition) is 7. The summed E-state index contributed by atoms with van der Waals surface area (Å²) in [5, 5.41) is 13.8. The lowest BCUT2D eigenvalue weighted by atomic mass is 10.1. The minimum Gasteiger partial charge on any atom is -0.490 e. The SMILES string of the molecule is CCOc1cc(/C=N\n2c(C)c(SC)c(C)c(C#N)c2=O)cc(Br)c1OCC(=O)N(C)C. The van der Waals surface area contributed by atoms with E-state index in [0.29, 0.717) is 39.4 Å². The first-order chi connectivity index (χ1) is 15.2. The standard InChI is InChI=1S/C22H25BrN4O4S/c1-7-30-18-9-15(8-17(23)20(18)31-12-19(28)26(4)5)11-25-27-14(3)21(32-6)13(2)16(10-24)22(27)29/h8-9,11H,7,12H2,1-6H3/b25-11-. The van der Waals surface area contributed by atoms with Gasteiger partial charge in [0.15, 0.2) is 18.1 Å². The van der Waals surface area contributed by atoms with Crippen LogP contribution >= 0.6 is 27.7 Å². The molecular weight excluding hydrogens is 496 g/mol. The van der Waals surface area contributed by atoms with Gasteiger partial charge < -0.3 is 14.4 Å². The highest BCUT2D eigenvalue weighted by atomic mass is 79.9. The third kappa shape index (κ3) is 5.53. The lowest BCUT2D eigenvalue weighted by Crippen LogP contribution is -2.27. The zero-order chi connectivity index (χ0) is 24.0. The first-order valence-corrected chi connectivity index (χ1v) is 11.7. The maximum Gasteiger partial charge on any atom is 0.289 e. The molecule has 0 spiro atoms. The van der Waals surface area contributed by atoms with Crippen molar-refractivity contribution in [2.24, 2.45) is 5.10 Å². The highest BCUT2D eigenvalue weighted by Gasteiger charge is 2.17. The summed E-state index contributed by atoms with van der Waals surface area (Å²) in [5.41, 5.74) is 1.55. The Kier molecular flexibility index (Phi) is 8.92. The summed E-state index contributed by atoms with van der Waals surface area (Å²) < 4.78 is 13.2. The third-order valence-electron chi connectivity index (χ3n) is 4.58. The summed E-state index contributed by atoms with van der Waals surface area (Å²) in [6.07, 6.45) is 3.40. The number of nitrogens with zero attached hydrogens (tertiary/aromatic N) is 4. The fourth-order valence-corrected chi connectivity index (χ4v) is 4.29. The van der Waals surface area contributed by atoms with Crippen molar-refractivity contribution in [2.75, 3.05) is 33.6 Å². The van der Waals surface area contributed by atoms with Crippen molar-refractivity contribution in [1.82, 2.24) is 9.58 Å². The first-order valence-electron chi connectivity index (χ1n) is 9.70. The molecule has 0 aliphatic carbocycles. The second-order valence-corrected chi connectivity index (χ2v) is 8.60. The van der Waals surface area contributed by atoms with Gasteiger partial charge in [0.1, 0.15) is 11.6 Å². The predicted octanol–water partition coefficient (Wildman–Crippen LogP) is 3.57. The summed E-state index contributed by atoms with van der Waals surface area (Å²) in [5.74, 6) is 0.654. The van der Waals surface area contributed by atoms with Crippen molar-refractivity contribution in [3.8, 4) is 17.6 Å². The number of aromatic nitrogens is 1. The minimum atomic E-state index is -0.470. The first kappa shape index (κ1) is 25.5. The van der Waals surface area contributed by atoms with Gasteiger partial charge in [-0.2, -0.15) is 15.0 Å². The number of carbonyl (C=O) groups is 1. The van der Waals surface area contributed by atoms with Crippen LogP contribution in [0.4, 0.5) is 0 Å². The van der Waals surface area contributed by atoms with Gasteiger partial charge in [-0.3, -0.25) is 9.59 Å². The molecule has 2 rings (SSSR count). The van der Waals surface area contributed by atoms with E-state index in [1.807, 2.05) is 19.2 Å². The van der Waals surface area contributed by atoms with Gasteiger partial charge in [-0.15, -0.1) is 11.8 Å². The van der Waals surface area contributed by atoms with Crippen molar-refractivity contribution in [2.45, 2.75) is 25.7 Å². The molecule has 0 aliphatic rings. The Balaban J connectivity index is 2.49. The fourth-order valence-electron chi connectivity index (χ4n) is 2.92. The molecule has 0 saturated heterocycles. The number of carbonyl (C=O) groups excluding carboxylic acids is 1. The molecule has 1 heterocycles. The largest absolute Gasteiger partial charge is 0.490 e. The van der Waals surface area contributed by atoms with Gasteiger partial charge in [-0.25, -0.2) is 0 Å². The number of amides is 1. The molecule has 10 heteroatoms. The lowest BCUT2D eigenvalue weighted by Gasteiger charge is -2.16. The van der Waals surface area contributed by atoms with Gasteiger partial charge in [-0.1, -0.05) is 0 Å². The smallest absolute Gasteiger partial charge is 0.289 e. The molecule has 1 aromatic heterocycles. The number of rotatable bonds is 8. The van der Waals surface area contributed by atoms with Crippen molar-refractivity contribution in [1.29, 1.82) is 5.26 Å². The van der Waals surface area contributed by atoms with Crippen LogP contribution < -0.4 is 15.0 Å². The Morgan fingerprint density at radius 2 is 2.03 bits per heavy atom. The molecule has 0 radical (unpaired) electrons. The second-order valence-electron chi connectivity index (χ2n) is 6.93. The number of halogens is 1. The third-order valence-corrected chi connectivity index (χ3v) is 6.18. The normalized spacial score (nSPS) is 10.8. The van der Waals surface area contributed by atoms with Gasteiger partial charge in [0, 0.05) is 19.0 Å². The average Bonchev–Trinajstić information content (AvgIpc) is 2.73. The molecule has 0 unspecified atom stereocenters. The number of hydrogen-bond donors (Lipinski definition) is 0. The monoisotopic (exact) mass is 520 g/mol. The lowest BCUT2D eigenvalue weighted by molar-refractivity contribution is -0.130. The Hall–Kier alpha value is -2.77. The number of nitriles is 1. The highest BCUT2D eigenvalue weighted by Crippen LogP contribution is 2.36. The molecule has 1 amide bonds. The van der Waals surface area contributed by atoms with E-state index >= 15 is 0 Å². The summed E-state index contributed by atoms with van der Waals surface area (Å²) in [4.78, 5) is 26.9. The second kappa shape index (κ2) is 11.2. The van der Waals surface area contributed by atoms with Crippen LogP contribution in [-0.2, 0) is 4.79 Å². The van der Waals surface area contributed by atoms with E-state index in [-0.39, 0.29) is 18.1 Å². The molecule has 32 heavy (non-hydrogen) atoms. The van der Waals surface area contributed by atoms with E-state index < -0.39 is 5.56 Å². The number of benzene rings is 1. The maximum atomic E-state index is 12.8. The Bertz CT molecular complexity index is 1150. The molecule has 0 N–H and O–H groups in total. The minimum absolute atomic E-state index is 0.0718. The van der Waals surface area contributed by atoms with Crippen molar-refractivity contribution in [3.05, 3.63) is 49.3 Å². The van der Waals surface area contributed by atoms with Crippen LogP contribution in [0.3, 0.4) is 0 Å². The number of pyridine rings is 1. The zero-order valence-electron chi connectivity index (χ0n) is 18.9. The van der Waals surface area contributed by atoms with Crippen LogP contribution in [0.1, 0.15) is 29.3 Å². The molecule has 170 valence electrons. The van der Waals surface area contributed by atoms with Crippen molar-refractivity contribution < 1.29 is 14.3 Å². The van der Waals surface area contributed by atoms with Crippen molar-refractivity contribution >= 4 is 39.8 Å². The van der Waals surface area contributed by atoms with Gasteiger partial charge in [0.25, 0.3) is 11.5 Å². The summed E-state index contributed by atoms with van der Waals surface area (Å²) >= 11 is 4.92. The van der Waals surface area contributed by atoms with Crippen LogP contribution in [0.5, 0.6) is 11.5 Å². The molecule has 0 saturated carbocycles. The summed E-state index contributed by atoms with van der Waals surface area (Å²) in [6.45, 7) is 5.65. The van der Waals surface area contributed by atoms with Crippen LogP contribution in [0.15, 0.2) is 31.4 Å². The van der Waals surface area contributed by atoms with E-state index in [2.05, 4.69) is 21.0 Å². The van der Waals surface area contributed by atoms with Crippen LogP contribution in [0, 0.1) is 25.2 Å². The number of thioether (sulfide) groups is 1. The van der Waals surface area contributed by atoms with E-state index in [1.165, 1.54) is 27.6 Å². The topological polar surface area (TPSA) is 96.9 Å². The van der Waals surface area contributed by atoms with E-state index in [4.69, 9.17) is 9.47 Å². The average molecular weight is 521 g/mol. The molecule has 8 nitrogen and oxygen atoms in total.